The molecule has 0 saturated carbocycles. The second-order valence-electron chi connectivity index (χ2n) is 9.08. The summed E-state index contributed by atoms with van der Waals surface area (Å²) in [7, 11) is 0. The maximum atomic E-state index is 11.2. The van der Waals surface area contributed by atoms with E-state index in [4.69, 9.17) is 4.74 Å². The van der Waals surface area contributed by atoms with E-state index in [-0.39, 0.29) is 35.6 Å². The maximum absolute atomic E-state index is 11.2. The van der Waals surface area contributed by atoms with Crippen LogP contribution < -0.4 is 26.4 Å². The number of hydrazine groups is 2. The molecule has 2 aliphatic heterocycles. The molecule has 6 atom stereocenters. The molecule has 2 fully saturated rings. The van der Waals surface area contributed by atoms with E-state index >= 15 is 0 Å². The van der Waals surface area contributed by atoms with E-state index in [2.05, 4.69) is 21.7 Å². The number of phenolic OH excluding ortho intramolecular Hbond substituents is 1. The summed E-state index contributed by atoms with van der Waals surface area (Å²) >= 11 is 0. The van der Waals surface area contributed by atoms with Crippen molar-refractivity contribution in [2.75, 3.05) is 6.61 Å². The Morgan fingerprint density at radius 1 is 0.743 bits per heavy atom. The van der Waals surface area contributed by atoms with Gasteiger partial charge in [-0.2, -0.15) is 0 Å². The van der Waals surface area contributed by atoms with Crippen LogP contribution in [0.1, 0.15) is 41.6 Å². The molecule has 7 N–H and O–H groups in total. The van der Waals surface area contributed by atoms with Gasteiger partial charge in [0.05, 0.1) is 18.7 Å². The van der Waals surface area contributed by atoms with Crippen LogP contribution in [0.5, 0.6) is 11.5 Å². The van der Waals surface area contributed by atoms with E-state index < -0.39 is 12.5 Å². The lowest BCUT2D eigenvalue weighted by Crippen LogP contribution is -2.39. The van der Waals surface area contributed by atoms with Crippen LogP contribution in [-0.4, -0.2) is 34.4 Å². The summed E-state index contributed by atoms with van der Waals surface area (Å²) in [5.41, 5.74) is 15.5. The first-order valence-corrected chi connectivity index (χ1v) is 12.0. The van der Waals surface area contributed by atoms with Crippen LogP contribution in [0.25, 0.3) is 0 Å². The molecule has 0 aliphatic carbocycles. The van der Waals surface area contributed by atoms with E-state index in [9.17, 15) is 15.3 Å². The number of nitrogens with one attached hydrogen (secondary N) is 4. The van der Waals surface area contributed by atoms with Gasteiger partial charge in [0.15, 0.2) is 11.5 Å². The normalized spacial score (nSPS) is 29.2. The molecular weight excluding hydrogens is 444 g/mol. The predicted molar refractivity (Wildman–Crippen MR) is 132 cm³/mol. The molecule has 0 amide bonds. The molecule has 6 unspecified atom stereocenters. The summed E-state index contributed by atoms with van der Waals surface area (Å²) in [6, 6.07) is 24.8. The van der Waals surface area contributed by atoms with Crippen molar-refractivity contribution in [2.45, 2.75) is 37.4 Å². The molecule has 8 nitrogen and oxygen atoms in total. The Hall–Kier alpha value is -2.98. The number of benzene rings is 3. The molecule has 2 aliphatic rings. The Balaban J connectivity index is 1.64. The lowest BCUT2D eigenvalue weighted by molar-refractivity contribution is 0.0369. The Bertz CT molecular complexity index is 1060. The van der Waals surface area contributed by atoms with Crippen molar-refractivity contribution in [3.8, 4) is 11.5 Å². The number of aliphatic hydroxyl groups is 2. The number of aromatic hydroxyl groups is 1. The number of hydrogen-bond donors (Lipinski definition) is 7. The standard InChI is InChI=1S/C27H32N4O4/c1-2-35-20-15-18(13-14-19(20)32)21(22-24(28-30-26(22)33)16-9-5-3-6-10-16)23-25(29-31-27(23)34)17-11-7-4-8-12-17/h3-15,21-34H,2H2,1H3. The van der Waals surface area contributed by atoms with E-state index in [0.717, 1.165) is 16.7 Å². The molecule has 0 radical (unpaired) electrons. The molecule has 0 bridgehead atoms. The van der Waals surface area contributed by atoms with Gasteiger partial charge in [0.1, 0.15) is 12.5 Å². The van der Waals surface area contributed by atoms with Gasteiger partial charge in [0.2, 0.25) is 0 Å². The highest BCUT2D eigenvalue weighted by atomic mass is 16.5. The van der Waals surface area contributed by atoms with Crippen molar-refractivity contribution in [1.82, 2.24) is 21.7 Å². The van der Waals surface area contributed by atoms with Gasteiger partial charge in [-0.05, 0) is 35.7 Å². The summed E-state index contributed by atoms with van der Waals surface area (Å²) in [6.07, 6.45) is -1.75. The summed E-state index contributed by atoms with van der Waals surface area (Å²) in [4.78, 5) is 0. The van der Waals surface area contributed by atoms with Crippen molar-refractivity contribution in [1.29, 1.82) is 0 Å². The molecule has 0 spiro atoms. The zero-order valence-corrected chi connectivity index (χ0v) is 19.5. The van der Waals surface area contributed by atoms with Crippen LogP contribution >= 0.6 is 0 Å². The van der Waals surface area contributed by atoms with E-state index in [0.29, 0.717) is 12.4 Å². The Morgan fingerprint density at radius 3 is 1.74 bits per heavy atom. The molecule has 3 aromatic rings. The molecule has 35 heavy (non-hydrogen) atoms. The number of ether oxygens (including phenoxy) is 1. The topological polar surface area (TPSA) is 118 Å². The second-order valence-corrected chi connectivity index (χ2v) is 9.08. The van der Waals surface area contributed by atoms with Gasteiger partial charge in [0, 0.05) is 17.8 Å². The number of hydrogen-bond acceptors (Lipinski definition) is 8. The van der Waals surface area contributed by atoms with Gasteiger partial charge in [-0.3, -0.25) is 0 Å². The fourth-order valence-electron chi connectivity index (χ4n) is 5.55. The van der Waals surface area contributed by atoms with Gasteiger partial charge < -0.3 is 20.1 Å². The minimum atomic E-state index is -0.876. The zero-order valence-electron chi connectivity index (χ0n) is 19.5. The van der Waals surface area contributed by atoms with Crippen molar-refractivity contribution in [3.63, 3.8) is 0 Å². The molecule has 3 aromatic carbocycles. The zero-order chi connectivity index (χ0) is 24.4. The lowest BCUT2D eigenvalue weighted by atomic mass is 9.69. The van der Waals surface area contributed by atoms with E-state index in [1.54, 1.807) is 6.07 Å². The van der Waals surface area contributed by atoms with Gasteiger partial charge in [-0.15, -0.1) is 0 Å². The monoisotopic (exact) mass is 476 g/mol. The fourth-order valence-corrected chi connectivity index (χ4v) is 5.55. The third kappa shape index (κ3) is 4.64. The Morgan fingerprint density at radius 2 is 1.26 bits per heavy atom. The third-order valence-corrected chi connectivity index (χ3v) is 7.09. The van der Waals surface area contributed by atoms with Gasteiger partial charge in [-0.25, -0.2) is 21.7 Å². The molecule has 8 heteroatoms. The average molecular weight is 477 g/mol. The molecule has 184 valence electrons. The van der Waals surface area contributed by atoms with Gasteiger partial charge >= 0.3 is 0 Å². The SMILES string of the molecule is CCOc1cc(C(C2C(O)NNC2c2ccccc2)C2C(O)NNC2c2ccccc2)ccc1O. The number of phenols is 1. The van der Waals surface area contributed by atoms with Crippen LogP contribution in [-0.2, 0) is 0 Å². The minimum Gasteiger partial charge on any atom is -0.504 e. The average Bonchev–Trinajstić information content (AvgIpc) is 3.46. The largest absolute Gasteiger partial charge is 0.504 e. The first kappa shape index (κ1) is 23.7. The molecule has 0 aromatic heterocycles. The van der Waals surface area contributed by atoms with Crippen LogP contribution in [0.15, 0.2) is 78.9 Å². The maximum Gasteiger partial charge on any atom is 0.161 e. The fraction of sp³-hybridized carbons (Fsp3) is 0.333. The molecular formula is C27H32N4O4. The first-order chi connectivity index (χ1) is 17.1. The summed E-state index contributed by atoms with van der Waals surface area (Å²) in [6.45, 7) is 2.27. The highest BCUT2D eigenvalue weighted by Crippen LogP contribution is 2.49. The quantitative estimate of drug-likeness (QED) is 0.278. The van der Waals surface area contributed by atoms with Crippen LogP contribution in [0.2, 0.25) is 0 Å². The van der Waals surface area contributed by atoms with Crippen LogP contribution in [0.4, 0.5) is 0 Å². The number of rotatable bonds is 7. The highest BCUT2D eigenvalue weighted by Gasteiger charge is 2.51. The predicted octanol–water partition coefficient (Wildman–Crippen LogP) is 2.44. The Kier molecular flexibility index (Phi) is 7.01. The molecule has 2 heterocycles. The second kappa shape index (κ2) is 10.3. The number of aliphatic hydroxyl groups excluding tert-OH is 2. The van der Waals surface area contributed by atoms with Crippen molar-refractivity contribution < 1.29 is 20.1 Å². The van der Waals surface area contributed by atoms with Crippen molar-refractivity contribution in [3.05, 3.63) is 95.6 Å². The smallest absolute Gasteiger partial charge is 0.161 e. The van der Waals surface area contributed by atoms with E-state index in [1.165, 1.54) is 0 Å². The summed E-state index contributed by atoms with van der Waals surface area (Å²) in [5, 5.41) is 32.8. The van der Waals surface area contributed by atoms with Gasteiger partial charge in [-0.1, -0.05) is 66.7 Å². The lowest BCUT2D eigenvalue weighted by Gasteiger charge is -2.37. The molecule has 5 rings (SSSR count). The summed E-state index contributed by atoms with van der Waals surface area (Å²) < 4.78 is 5.69. The Labute approximate surface area is 204 Å². The third-order valence-electron chi connectivity index (χ3n) is 7.09. The van der Waals surface area contributed by atoms with Crippen LogP contribution in [0.3, 0.4) is 0 Å². The van der Waals surface area contributed by atoms with Crippen molar-refractivity contribution in [2.24, 2.45) is 11.8 Å². The van der Waals surface area contributed by atoms with E-state index in [1.807, 2.05) is 79.7 Å². The minimum absolute atomic E-state index is 0.0556. The van der Waals surface area contributed by atoms with Crippen LogP contribution in [0, 0.1) is 11.8 Å². The van der Waals surface area contributed by atoms with Crippen molar-refractivity contribution >= 4 is 0 Å². The van der Waals surface area contributed by atoms with Gasteiger partial charge in [0.25, 0.3) is 0 Å². The highest BCUT2D eigenvalue weighted by molar-refractivity contribution is 5.44. The molecule has 2 saturated heterocycles. The summed E-state index contributed by atoms with van der Waals surface area (Å²) in [5.74, 6) is -0.586. The first-order valence-electron chi connectivity index (χ1n) is 12.0.